The first-order valence-electron chi connectivity index (χ1n) is 13.5. The van der Waals surface area contributed by atoms with E-state index in [1.807, 2.05) is 29.1 Å². The Morgan fingerprint density at radius 2 is 1.89 bits per heavy atom. The molecule has 9 nitrogen and oxygen atoms in total. The first-order chi connectivity index (χ1) is 18.2. The van der Waals surface area contributed by atoms with Crippen LogP contribution in [-0.4, -0.2) is 82.1 Å². The van der Waals surface area contributed by atoms with E-state index in [1.165, 1.54) is 11.1 Å². The van der Waals surface area contributed by atoms with Crippen molar-refractivity contribution in [2.45, 2.75) is 53.1 Å². The van der Waals surface area contributed by atoms with Gasteiger partial charge < -0.3 is 15.1 Å². The van der Waals surface area contributed by atoms with Crippen LogP contribution in [0.5, 0.6) is 0 Å². The predicted molar refractivity (Wildman–Crippen MR) is 153 cm³/mol. The predicted octanol–water partition coefficient (Wildman–Crippen LogP) is 4.13. The summed E-state index contributed by atoms with van der Waals surface area (Å²) in [6.07, 6.45) is 4.46. The van der Waals surface area contributed by atoms with E-state index in [0.29, 0.717) is 23.4 Å². The number of aliphatic imine (C=N–C) groups is 1. The Morgan fingerprint density at radius 3 is 2.55 bits per heavy atom. The number of likely N-dealkylation sites (N-methyl/N-ethyl adjacent to an activating group) is 1. The number of nitrogens with one attached hydrogen (secondary N) is 1. The smallest absolute Gasteiger partial charge is 0.252 e. The number of dihydropyridines is 1. The molecule has 1 amide bonds. The number of hydrogen-bond acceptors (Lipinski definition) is 7. The number of rotatable bonds is 6. The van der Waals surface area contributed by atoms with Crippen molar-refractivity contribution in [3.63, 3.8) is 0 Å². The summed E-state index contributed by atoms with van der Waals surface area (Å²) in [4.78, 5) is 32.6. The topological polar surface area (TPSA) is 91.5 Å². The highest BCUT2D eigenvalue weighted by Gasteiger charge is 2.22. The zero-order chi connectivity index (χ0) is 27.0. The number of carbonyl (C=O) groups excluding carboxylic acids is 1. The van der Waals surface area contributed by atoms with Gasteiger partial charge in [-0.3, -0.25) is 9.79 Å². The van der Waals surface area contributed by atoms with Gasteiger partial charge in [-0.05, 0) is 65.4 Å². The van der Waals surface area contributed by atoms with Crippen LogP contribution in [0.1, 0.15) is 57.4 Å². The second kappa shape index (κ2) is 10.6. The number of piperazine rings is 1. The van der Waals surface area contributed by atoms with Gasteiger partial charge in [0.15, 0.2) is 5.65 Å². The summed E-state index contributed by atoms with van der Waals surface area (Å²) in [6.45, 7) is 14.9. The van der Waals surface area contributed by atoms with E-state index in [9.17, 15) is 4.79 Å². The Kier molecular flexibility index (Phi) is 7.29. The van der Waals surface area contributed by atoms with Crippen molar-refractivity contribution in [1.29, 1.82) is 0 Å². The van der Waals surface area contributed by atoms with Gasteiger partial charge in [-0.25, -0.2) is 14.6 Å². The van der Waals surface area contributed by atoms with Crippen LogP contribution in [0.15, 0.2) is 46.7 Å². The van der Waals surface area contributed by atoms with Crippen molar-refractivity contribution in [3.8, 4) is 11.3 Å². The van der Waals surface area contributed by atoms with Gasteiger partial charge in [0.2, 0.25) is 0 Å². The highest BCUT2D eigenvalue weighted by molar-refractivity contribution is 6.06. The first-order valence-corrected chi connectivity index (χ1v) is 13.5. The molecule has 2 aliphatic heterocycles. The molecule has 5 rings (SSSR count). The molecule has 0 bridgehead atoms. The number of fused-ring (bicyclic) bond motifs is 1. The van der Waals surface area contributed by atoms with Crippen LogP contribution in [-0.2, 0) is 0 Å². The van der Waals surface area contributed by atoms with Gasteiger partial charge in [0.05, 0.1) is 28.9 Å². The fourth-order valence-corrected chi connectivity index (χ4v) is 5.37. The lowest BCUT2D eigenvalue weighted by atomic mass is 9.95. The standard InChI is InChI=1S/C29H38N8O/c1-18(2)37-28-25(17-32-37)23(29(38)31-16-24-19(3)13-20(4)33-21(24)5)14-26(34-28)22-7-8-27(30-15-22)36-11-9-35(6)10-12-36/h7-8,14-15,17-18,21H,9-13,16H2,1-6H3,(H,31,38). The Labute approximate surface area is 224 Å². The van der Waals surface area contributed by atoms with Crippen molar-refractivity contribution in [2.75, 3.05) is 44.7 Å². The quantitative estimate of drug-likeness (QED) is 0.498. The van der Waals surface area contributed by atoms with Crippen molar-refractivity contribution >= 4 is 28.5 Å². The van der Waals surface area contributed by atoms with Crippen LogP contribution >= 0.6 is 0 Å². The van der Waals surface area contributed by atoms with Crippen molar-refractivity contribution in [2.24, 2.45) is 4.99 Å². The fourth-order valence-electron chi connectivity index (χ4n) is 5.37. The van der Waals surface area contributed by atoms with E-state index in [1.54, 1.807) is 6.20 Å². The lowest BCUT2D eigenvalue weighted by Crippen LogP contribution is -2.44. The van der Waals surface area contributed by atoms with E-state index >= 15 is 0 Å². The van der Waals surface area contributed by atoms with E-state index < -0.39 is 0 Å². The third-order valence-electron chi connectivity index (χ3n) is 7.60. The van der Waals surface area contributed by atoms with Gasteiger partial charge in [0.1, 0.15) is 5.82 Å². The summed E-state index contributed by atoms with van der Waals surface area (Å²) < 4.78 is 1.87. The van der Waals surface area contributed by atoms with Crippen molar-refractivity contribution < 1.29 is 4.79 Å². The molecule has 0 radical (unpaired) electrons. The molecule has 38 heavy (non-hydrogen) atoms. The molecule has 1 atom stereocenters. The summed E-state index contributed by atoms with van der Waals surface area (Å²) in [5.41, 5.74) is 6.46. The molecule has 9 heteroatoms. The minimum atomic E-state index is -0.136. The zero-order valence-electron chi connectivity index (χ0n) is 23.3. The molecule has 1 saturated heterocycles. The van der Waals surface area contributed by atoms with Gasteiger partial charge >= 0.3 is 0 Å². The summed E-state index contributed by atoms with van der Waals surface area (Å²) in [6, 6.07) is 6.15. The fraction of sp³-hybridized carbons (Fsp3) is 0.483. The molecule has 5 heterocycles. The van der Waals surface area contributed by atoms with Gasteiger partial charge in [-0.15, -0.1) is 0 Å². The molecule has 3 aromatic heterocycles. The average Bonchev–Trinajstić information content (AvgIpc) is 3.32. The maximum atomic E-state index is 13.6. The normalized spacial score (nSPS) is 18.9. The molecular formula is C29H38N8O. The van der Waals surface area contributed by atoms with Gasteiger partial charge in [0, 0.05) is 62.7 Å². The maximum Gasteiger partial charge on any atom is 0.252 e. The second-order valence-corrected chi connectivity index (χ2v) is 10.9. The van der Waals surface area contributed by atoms with Crippen LogP contribution in [0.3, 0.4) is 0 Å². The Bertz CT molecular complexity index is 1390. The number of nitrogens with zero attached hydrogens (tertiary/aromatic N) is 7. The zero-order valence-corrected chi connectivity index (χ0v) is 23.3. The Morgan fingerprint density at radius 1 is 1.13 bits per heavy atom. The van der Waals surface area contributed by atoms with E-state index in [0.717, 1.165) is 55.1 Å². The lowest BCUT2D eigenvalue weighted by Gasteiger charge is -2.33. The Balaban J connectivity index is 1.45. The molecule has 0 aromatic carbocycles. The number of pyridine rings is 2. The molecule has 1 N–H and O–H groups in total. The van der Waals surface area contributed by atoms with Crippen LogP contribution < -0.4 is 10.2 Å². The third kappa shape index (κ3) is 5.20. The third-order valence-corrected chi connectivity index (χ3v) is 7.60. The summed E-state index contributed by atoms with van der Waals surface area (Å²) in [7, 11) is 2.15. The van der Waals surface area contributed by atoms with E-state index in [-0.39, 0.29) is 18.0 Å². The van der Waals surface area contributed by atoms with Crippen LogP contribution in [0.4, 0.5) is 5.82 Å². The highest BCUT2D eigenvalue weighted by Crippen LogP contribution is 2.28. The molecule has 0 aliphatic carbocycles. The number of hydrogen-bond donors (Lipinski definition) is 1. The highest BCUT2D eigenvalue weighted by atomic mass is 16.1. The number of anilines is 1. The molecular weight excluding hydrogens is 476 g/mol. The molecule has 200 valence electrons. The van der Waals surface area contributed by atoms with Gasteiger partial charge in [0.25, 0.3) is 5.91 Å². The van der Waals surface area contributed by atoms with E-state index in [2.05, 4.69) is 61.9 Å². The number of carbonyl (C=O) groups is 1. The summed E-state index contributed by atoms with van der Waals surface area (Å²) in [5.74, 6) is 0.832. The number of amides is 1. The molecule has 2 aliphatic rings. The van der Waals surface area contributed by atoms with Crippen LogP contribution in [0.2, 0.25) is 0 Å². The van der Waals surface area contributed by atoms with Crippen LogP contribution in [0, 0.1) is 0 Å². The number of allylic oxidation sites excluding steroid dienone is 1. The Hall–Kier alpha value is -3.59. The van der Waals surface area contributed by atoms with Gasteiger partial charge in [-0.1, -0.05) is 5.57 Å². The summed E-state index contributed by atoms with van der Waals surface area (Å²) >= 11 is 0. The minimum absolute atomic E-state index is 0.0747. The SMILES string of the molecule is CC1=NC(C)C(CNC(=O)c2cc(-c3ccc(N4CCN(C)CC4)nc3)nc3c2cnn3C(C)C)=C(C)C1. The van der Waals surface area contributed by atoms with E-state index in [4.69, 9.17) is 15.0 Å². The van der Waals surface area contributed by atoms with Gasteiger partial charge in [-0.2, -0.15) is 5.10 Å². The minimum Gasteiger partial charge on any atom is -0.354 e. The molecule has 0 spiro atoms. The molecule has 0 saturated carbocycles. The number of aromatic nitrogens is 4. The molecule has 1 unspecified atom stereocenters. The second-order valence-electron chi connectivity index (χ2n) is 10.9. The molecule has 1 fully saturated rings. The first kappa shape index (κ1) is 26.0. The lowest BCUT2D eigenvalue weighted by molar-refractivity contribution is 0.0958. The molecule has 3 aromatic rings. The van der Waals surface area contributed by atoms with Crippen molar-refractivity contribution in [3.05, 3.63) is 47.3 Å². The maximum absolute atomic E-state index is 13.6. The monoisotopic (exact) mass is 514 g/mol. The van der Waals surface area contributed by atoms with Crippen LogP contribution in [0.25, 0.3) is 22.3 Å². The average molecular weight is 515 g/mol. The summed E-state index contributed by atoms with van der Waals surface area (Å²) in [5, 5.41) is 8.46. The largest absolute Gasteiger partial charge is 0.354 e. The van der Waals surface area contributed by atoms with Crippen molar-refractivity contribution in [1.82, 2.24) is 30.0 Å².